The molecule has 5 heteroatoms. The Morgan fingerprint density at radius 2 is 2.25 bits per heavy atom. The molecule has 16 heavy (non-hydrogen) atoms. The van der Waals surface area contributed by atoms with E-state index in [1.54, 1.807) is 23.1 Å². The monoisotopic (exact) mass is 235 g/mol. The summed E-state index contributed by atoms with van der Waals surface area (Å²) in [5.74, 6) is 0.811. The number of thiophene rings is 1. The number of carbonyl (C=O) groups is 1. The number of hydrogen-bond donors (Lipinski definition) is 0. The van der Waals surface area contributed by atoms with Crippen molar-refractivity contribution in [3.63, 3.8) is 0 Å². The fourth-order valence-electron chi connectivity index (χ4n) is 1.42. The predicted molar refractivity (Wildman–Crippen MR) is 62.8 cm³/mol. The molecule has 0 bridgehead atoms. The molecular formula is C11H13N3OS. The lowest BCUT2D eigenvalue weighted by molar-refractivity contribution is 0.0993. The first-order valence-corrected chi connectivity index (χ1v) is 5.82. The molecule has 0 aliphatic carbocycles. The molecule has 0 fully saturated rings. The molecule has 0 saturated carbocycles. The second-order valence-electron chi connectivity index (χ2n) is 3.75. The lowest BCUT2D eigenvalue weighted by Crippen LogP contribution is -2.07. The second-order valence-corrected chi connectivity index (χ2v) is 5.01. The molecule has 0 amide bonds. The Morgan fingerprint density at radius 3 is 2.75 bits per heavy atom. The summed E-state index contributed by atoms with van der Waals surface area (Å²) >= 11 is 1.54. The molecule has 0 spiro atoms. The normalized spacial score (nSPS) is 10.7. The van der Waals surface area contributed by atoms with Crippen LogP contribution in [0.2, 0.25) is 0 Å². The van der Waals surface area contributed by atoms with Crippen molar-refractivity contribution in [3.05, 3.63) is 33.5 Å². The number of ketones is 1. The van der Waals surface area contributed by atoms with Crippen LogP contribution in [0.4, 0.5) is 0 Å². The van der Waals surface area contributed by atoms with E-state index in [0.29, 0.717) is 12.2 Å². The highest BCUT2D eigenvalue weighted by Gasteiger charge is 2.13. The van der Waals surface area contributed by atoms with Gasteiger partial charge in [0.15, 0.2) is 5.78 Å². The topological polar surface area (TPSA) is 47.8 Å². The molecule has 0 atom stereocenters. The number of rotatable bonds is 3. The Balaban J connectivity index is 2.18. The molecular weight excluding hydrogens is 222 g/mol. The van der Waals surface area contributed by atoms with Crippen LogP contribution in [-0.2, 0) is 13.5 Å². The molecule has 2 aromatic heterocycles. The molecule has 2 rings (SSSR count). The molecule has 4 nitrogen and oxygen atoms in total. The van der Waals surface area contributed by atoms with Crippen LogP contribution >= 0.6 is 11.3 Å². The van der Waals surface area contributed by atoms with Gasteiger partial charge in [-0.2, -0.15) is 5.10 Å². The summed E-state index contributed by atoms with van der Waals surface area (Å²) in [6.45, 7) is 4.05. The minimum absolute atomic E-state index is 0.109. The maximum Gasteiger partial charge on any atom is 0.180 e. The van der Waals surface area contributed by atoms with Gasteiger partial charge in [0.1, 0.15) is 12.2 Å². The van der Waals surface area contributed by atoms with Crippen LogP contribution in [0.3, 0.4) is 0 Å². The number of carbonyl (C=O) groups excluding carboxylic acids is 1. The summed E-state index contributed by atoms with van der Waals surface area (Å²) in [5, 5.41) is 3.94. The van der Waals surface area contributed by atoms with Crippen LogP contribution in [0.5, 0.6) is 0 Å². The molecule has 0 radical (unpaired) electrons. The molecule has 2 heterocycles. The fraction of sp³-hybridized carbons (Fsp3) is 0.364. The minimum atomic E-state index is 0.109. The zero-order valence-electron chi connectivity index (χ0n) is 9.52. The van der Waals surface area contributed by atoms with Crippen molar-refractivity contribution in [2.24, 2.45) is 7.05 Å². The standard InChI is InChI=1S/C11H13N3OS/c1-7-4-10(16-8(7)2)9(15)5-11-12-6-13-14(11)3/h4,6H,5H2,1-3H3. The van der Waals surface area contributed by atoms with Crippen molar-refractivity contribution >= 4 is 17.1 Å². The molecule has 0 saturated heterocycles. The summed E-state index contributed by atoms with van der Waals surface area (Å²) in [5.41, 5.74) is 1.17. The Labute approximate surface area is 97.9 Å². The van der Waals surface area contributed by atoms with Gasteiger partial charge in [0, 0.05) is 11.9 Å². The van der Waals surface area contributed by atoms with Crippen LogP contribution in [0.1, 0.15) is 25.9 Å². The second kappa shape index (κ2) is 4.17. The first-order valence-electron chi connectivity index (χ1n) is 5.01. The number of hydrogen-bond acceptors (Lipinski definition) is 4. The smallest absolute Gasteiger partial charge is 0.180 e. The van der Waals surface area contributed by atoms with Gasteiger partial charge >= 0.3 is 0 Å². The maximum atomic E-state index is 12.0. The third-order valence-electron chi connectivity index (χ3n) is 2.56. The Bertz CT molecular complexity index is 508. The third kappa shape index (κ3) is 2.04. The predicted octanol–water partition coefficient (Wildman–Crippen LogP) is 1.92. The summed E-state index contributed by atoms with van der Waals surface area (Å²) in [6, 6.07) is 1.94. The zero-order chi connectivity index (χ0) is 11.7. The van der Waals surface area contributed by atoms with Crippen LogP contribution in [0, 0.1) is 13.8 Å². The van der Waals surface area contributed by atoms with E-state index in [1.807, 2.05) is 19.9 Å². The number of nitrogens with zero attached hydrogens (tertiary/aromatic N) is 3. The van der Waals surface area contributed by atoms with Crippen LogP contribution in [-0.4, -0.2) is 20.5 Å². The number of Topliss-reactive ketones (excluding diaryl/α,β-unsaturated/α-hetero) is 1. The van der Waals surface area contributed by atoms with Crippen LogP contribution < -0.4 is 0 Å². The van der Waals surface area contributed by atoms with Gasteiger partial charge in [-0.1, -0.05) is 0 Å². The summed E-state index contributed by atoms with van der Waals surface area (Å²) in [7, 11) is 1.79. The largest absolute Gasteiger partial charge is 0.293 e. The first-order chi connectivity index (χ1) is 7.58. The molecule has 0 aliphatic heterocycles. The van der Waals surface area contributed by atoms with Crippen molar-refractivity contribution in [2.75, 3.05) is 0 Å². The van der Waals surface area contributed by atoms with E-state index in [0.717, 1.165) is 4.88 Å². The molecule has 0 N–H and O–H groups in total. The van der Waals surface area contributed by atoms with Crippen molar-refractivity contribution in [1.82, 2.24) is 14.8 Å². The maximum absolute atomic E-state index is 12.0. The van der Waals surface area contributed by atoms with Crippen LogP contribution in [0.25, 0.3) is 0 Å². The Morgan fingerprint density at radius 1 is 1.50 bits per heavy atom. The van der Waals surface area contributed by atoms with E-state index in [2.05, 4.69) is 10.1 Å². The first kappa shape index (κ1) is 11.0. The number of aryl methyl sites for hydroxylation is 3. The van der Waals surface area contributed by atoms with Gasteiger partial charge in [-0.3, -0.25) is 9.48 Å². The summed E-state index contributed by atoms with van der Waals surface area (Å²) < 4.78 is 1.63. The van der Waals surface area contributed by atoms with Crippen molar-refractivity contribution in [1.29, 1.82) is 0 Å². The lowest BCUT2D eigenvalue weighted by Gasteiger charge is -1.97. The highest BCUT2D eigenvalue weighted by Crippen LogP contribution is 2.21. The van der Waals surface area contributed by atoms with E-state index in [1.165, 1.54) is 16.8 Å². The van der Waals surface area contributed by atoms with E-state index in [4.69, 9.17) is 0 Å². The summed E-state index contributed by atoms with van der Waals surface area (Å²) in [6.07, 6.45) is 1.78. The third-order valence-corrected chi connectivity index (χ3v) is 3.76. The molecule has 0 aromatic carbocycles. The van der Waals surface area contributed by atoms with Gasteiger partial charge in [0.2, 0.25) is 0 Å². The van der Waals surface area contributed by atoms with Gasteiger partial charge in [0.25, 0.3) is 0 Å². The zero-order valence-corrected chi connectivity index (χ0v) is 10.3. The van der Waals surface area contributed by atoms with Gasteiger partial charge in [-0.25, -0.2) is 4.98 Å². The minimum Gasteiger partial charge on any atom is -0.293 e. The van der Waals surface area contributed by atoms with Gasteiger partial charge in [-0.05, 0) is 25.5 Å². The highest BCUT2D eigenvalue weighted by molar-refractivity contribution is 7.14. The summed E-state index contributed by atoms with van der Waals surface area (Å²) in [4.78, 5) is 18.0. The van der Waals surface area contributed by atoms with E-state index in [-0.39, 0.29) is 5.78 Å². The highest BCUT2D eigenvalue weighted by atomic mass is 32.1. The average molecular weight is 235 g/mol. The van der Waals surface area contributed by atoms with Gasteiger partial charge < -0.3 is 0 Å². The quantitative estimate of drug-likeness (QED) is 0.764. The Hall–Kier alpha value is -1.49. The fourth-order valence-corrected chi connectivity index (χ4v) is 2.39. The van der Waals surface area contributed by atoms with E-state index >= 15 is 0 Å². The molecule has 0 aliphatic rings. The van der Waals surface area contributed by atoms with E-state index in [9.17, 15) is 4.79 Å². The average Bonchev–Trinajstić information content (AvgIpc) is 2.76. The van der Waals surface area contributed by atoms with Gasteiger partial charge in [-0.15, -0.1) is 11.3 Å². The van der Waals surface area contributed by atoms with E-state index < -0.39 is 0 Å². The lowest BCUT2D eigenvalue weighted by atomic mass is 10.2. The number of aromatic nitrogens is 3. The van der Waals surface area contributed by atoms with Crippen molar-refractivity contribution < 1.29 is 4.79 Å². The molecule has 0 unspecified atom stereocenters. The van der Waals surface area contributed by atoms with Crippen molar-refractivity contribution in [2.45, 2.75) is 20.3 Å². The van der Waals surface area contributed by atoms with Crippen molar-refractivity contribution in [3.8, 4) is 0 Å². The molecule has 84 valence electrons. The molecule has 2 aromatic rings. The SMILES string of the molecule is Cc1cc(C(=O)Cc2ncnn2C)sc1C. The van der Waals surface area contributed by atoms with Gasteiger partial charge in [0.05, 0.1) is 11.3 Å². The Kier molecular flexibility index (Phi) is 2.87. The van der Waals surface area contributed by atoms with Crippen LogP contribution in [0.15, 0.2) is 12.4 Å².